The van der Waals surface area contributed by atoms with Crippen molar-refractivity contribution in [3.05, 3.63) is 24.3 Å². The molecule has 1 aromatic carbocycles. The highest BCUT2D eigenvalue weighted by atomic mass is 16.5. The van der Waals surface area contributed by atoms with Gasteiger partial charge in [0.05, 0.1) is 6.10 Å². The lowest BCUT2D eigenvalue weighted by Gasteiger charge is -2.32. The molecule has 19 heavy (non-hydrogen) atoms. The van der Waals surface area contributed by atoms with Gasteiger partial charge in [-0.15, -0.1) is 0 Å². The molecule has 0 saturated carbocycles. The highest BCUT2D eigenvalue weighted by Gasteiger charge is 2.16. The van der Waals surface area contributed by atoms with E-state index >= 15 is 0 Å². The number of hydrogen-bond acceptors (Lipinski definition) is 3. The van der Waals surface area contributed by atoms with Crippen LogP contribution in [0.2, 0.25) is 0 Å². The van der Waals surface area contributed by atoms with Crippen molar-refractivity contribution >= 4 is 5.69 Å². The molecular formula is C16H26N2O. The Morgan fingerprint density at radius 3 is 2.74 bits per heavy atom. The second-order valence-electron chi connectivity index (χ2n) is 5.56. The maximum Gasteiger partial charge on any atom is 0.119 e. The molecule has 2 atom stereocenters. The van der Waals surface area contributed by atoms with Crippen LogP contribution in [0.25, 0.3) is 0 Å². The minimum absolute atomic E-state index is 0.291. The highest BCUT2D eigenvalue weighted by Crippen LogP contribution is 2.23. The summed E-state index contributed by atoms with van der Waals surface area (Å²) < 4.78 is 5.87. The van der Waals surface area contributed by atoms with E-state index in [4.69, 9.17) is 10.5 Å². The maximum atomic E-state index is 6.03. The fourth-order valence-electron chi connectivity index (χ4n) is 2.68. The third-order valence-corrected chi connectivity index (χ3v) is 3.69. The molecule has 2 N–H and O–H groups in total. The van der Waals surface area contributed by atoms with E-state index in [2.05, 4.69) is 43.0 Å². The molecule has 1 aromatic rings. The molecule has 0 spiro atoms. The van der Waals surface area contributed by atoms with Crippen molar-refractivity contribution < 1.29 is 4.74 Å². The molecule has 1 heterocycles. The molecule has 1 aliphatic rings. The summed E-state index contributed by atoms with van der Waals surface area (Å²) in [6.45, 7) is 6.39. The van der Waals surface area contributed by atoms with Crippen LogP contribution < -0.4 is 15.4 Å². The largest absolute Gasteiger partial charge is 0.491 e. The lowest BCUT2D eigenvalue weighted by atomic mass is 10.1. The average molecular weight is 262 g/mol. The van der Waals surface area contributed by atoms with E-state index in [9.17, 15) is 0 Å². The van der Waals surface area contributed by atoms with Crippen LogP contribution in [0.5, 0.6) is 5.75 Å². The molecule has 106 valence electrons. The Balaban J connectivity index is 1.94. The first-order valence-corrected chi connectivity index (χ1v) is 7.46. The van der Waals surface area contributed by atoms with Gasteiger partial charge in [0, 0.05) is 24.8 Å². The van der Waals surface area contributed by atoms with Gasteiger partial charge < -0.3 is 15.4 Å². The standard InChI is InChI=1S/C16H26N2O/c1-3-5-13(2)19-16-9-7-15(8-10-16)18-11-4-6-14(17)12-18/h7-10,13-14H,3-6,11-12,17H2,1-2H3. The van der Waals surface area contributed by atoms with Gasteiger partial charge in [0.15, 0.2) is 0 Å². The first-order chi connectivity index (χ1) is 9.19. The fraction of sp³-hybridized carbons (Fsp3) is 0.625. The molecule has 2 rings (SSSR count). The monoisotopic (exact) mass is 262 g/mol. The van der Waals surface area contributed by atoms with Crippen LogP contribution in [0.3, 0.4) is 0 Å². The summed E-state index contributed by atoms with van der Waals surface area (Å²) in [5, 5.41) is 0. The quantitative estimate of drug-likeness (QED) is 0.885. The minimum Gasteiger partial charge on any atom is -0.491 e. The summed E-state index contributed by atoms with van der Waals surface area (Å²) in [5.74, 6) is 0.964. The summed E-state index contributed by atoms with van der Waals surface area (Å²) >= 11 is 0. The Labute approximate surface area is 116 Å². The number of piperidine rings is 1. The molecule has 3 nitrogen and oxygen atoms in total. The van der Waals surface area contributed by atoms with Crippen LogP contribution in [0.4, 0.5) is 5.69 Å². The zero-order chi connectivity index (χ0) is 13.7. The van der Waals surface area contributed by atoms with Crippen LogP contribution in [-0.4, -0.2) is 25.2 Å². The van der Waals surface area contributed by atoms with Gasteiger partial charge in [-0.3, -0.25) is 0 Å². The van der Waals surface area contributed by atoms with Gasteiger partial charge in [0.1, 0.15) is 5.75 Å². The molecule has 0 bridgehead atoms. The summed E-state index contributed by atoms with van der Waals surface area (Å²) in [6.07, 6.45) is 4.88. The predicted octanol–water partition coefficient (Wildman–Crippen LogP) is 3.18. The van der Waals surface area contributed by atoms with Crippen molar-refractivity contribution in [2.75, 3.05) is 18.0 Å². The number of nitrogens with zero attached hydrogens (tertiary/aromatic N) is 1. The molecular weight excluding hydrogens is 236 g/mol. The number of nitrogens with two attached hydrogens (primary N) is 1. The number of rotatable bonds is 5. The lowest BCUT2D eigenvalue weighted by molar-refractivity contribution is 0.210. The smallest absolute Gasteiger partial charge is 0.119 e. The van der Waals surface area contributed by atoms with Crippen molar-refractivity contribution in [2.45, 2.75) is 51.7 Å². The van der Waals surface area contributed by atoms with Crippen LogP contribution in [0.1, 0.15) is 39.5 Å². The molecule has 0 radical (unpaired) electrons. The van der Waals surface area contributed by atoms with E-state index in [0.717, 1.165) is 38.1 Å². The summed E-state index contributed by atoms with van der Waals surface area (Å²) in [6, 6.07) is 8.75. The SMILES string of the molecule is CCCC(C)Oc1ccc(N2CCCC(N)C2)cc1. The molecule has 1 aliphatic heterocycles. The molecule has 0 aromatic heterocycles. The van der Waals surface area contributed by atoms with Crippen molar-refractivity contribution in [1.29, 1.82) is 0 Å². The van der Waals surface area contributed by atoms with Crippen LogP contribution >= 0.6 is 0 Å². The van der Waals surface area contributed by atoms with Crippen molar-refractivity contribution in [2.24, 2.45) is 5.73 Å². The Kier molecular flexibility index (Phi) is 5.08. The third kappa shape index (κ3) is 4.13. The third-order valence-electron chi connectivity index (χ3n) is 3.69. The zero-order valence-corrected chi connectivity index (χ0v) is 12.1. The Bertz CT molecular complexity index is 377. The first-order valence-electron chi connectivity index (χ1n) is 7.46. The van der Waals surface area contributed by atoms with Gasteiger partial charge >= 0.3 is 0 Å². The summed E-state index contributed by atoms with van der Waals surface area (Å²) in [7, 11) is 0. The Morgan fingerprint density at radius 2 is 2.11 bits per heavy atom. The van der Waals surface area contributed by atoms with Gasteiger partial charge in [-0.25, -0.2) is 0 Å². The number of benzene rings is 1. The van der Waals surface area contributed by atoms with E-state index in [1.165, 1.54) is 12.1 Å². The molecule has 1 fully saturated rings. The molecule has 3 heteroatoms. The van der Waals surface area contributed by atoms with Crippen molar-refractivity contribution in [1.82, 2.24) is 0 Å². The number of ether oxygens (including phenoxy) is 1. The predicted molar refractivity (Wildman–Crippen MR) is 80.9 cm³/mol. The first kappa shape index (κ1) is 14.2. The second kappa shape index (κ2) is 6.80. The Hall–Kier alpha value is -1.22. The van der Waals surface area contributed by atoms with Crippen LogP contribution in [-0.2, 0) is 0 Å². The van der Waals surface area contributed by atoms with Crippen LogP contribution in [0.15, 0.2) is 24.3 Å². The topological polar surface area (TPSA) is 38.5 Å². The summed E-state index contributed by atoms with van der Waals surface area (Å²) in [4.78, 5) is 2.37. The fourth-order valence-corrected chi connectivity index (χ4v) is 2.68. The van der Waals surface area contributed by atoms with E-state index in [-0.39, 0.29) is 0 Å². The van der Waals surface area contributed by atoms with Gasteiger partial charge in [-0.05, 0) is 50.5 Å². The number of hydrogen-bond donors (Lipinski definition) is 1. The molecule has 1 saturated heterocycles. The normalized spacial score (nSPS) is 21.2. The van der Waals surface area contributed by atoms with Crippen molar-refractivity contribution in [3.8, 4) is 5.75 Å². The van der Waals surface area contributed by atoms with Gasteiger partial charge in [0.2, 0.25) is 0 Å². The van der Waals surface area contributed by atoms with E-state index in [0.29, 0.717) is 12.1 Å². The Morgan fingerprint density at radius 1 is 1.37 bits per heavy atom. The van der Waals surface area contributed by atoms with E-state index in [1.807, 2.05) is 0 Å². The maximum absolute atomic E-state index is 6.03. The zero-order valence-electron chi connectivity index (χ0n) is 12.1. The molecule has 0 aliphatic carbocycles. The van der Waals surface area contributed by atoms with E-state index in [1.54, 1.807) is 0 Å². The highest BCUT2D eigenvalue weighted by molar-refractivity contribution is 5.49. The average Bonchev–Trinajstić information content (AvgIpc) is 2.40. The van der Waals surface area contributed by atoms with Gasteiger partial charge in [-0.1, -0.05) is 13.3 Å². The molecule has 2 unspecified atom stereocenters. The molecule has 0 amide bonds. The van der Waals surface area contributed by atoms with E-state index < -0.39 is 0 Å². The number of anilines is 1. The summed E-state index contributed by atoms with van der Waals surface area (Å²) in [5.41, 5.74) is 7.28. The second-order valence-corrected chi connectivity index (χ2v) is 5.56. The van der Waals surface area contributed by atoms with Gasteiger partial charge in [0.25, 0.3) is 0 Å². The van der Waals surface area contributed by atoms with Gasteiger partial charge in [-0.2, -0.15) is 0 Å². The minimum atomic E-state index is 0.291. The lowest BCUT2D eigenvalue weighted by Crippen LogP contribution is -2.42. The van der Waals surface area contributed by atoms with Crippen LogP contribution in [0, 0.1) is 0 Å². The van der Waals surface area contributed by atoms with Crippen molar-refractivity contribution in [3.63, 3.8) is 0 Å².